The van der Waals surface area contributed by atoms with Crippen molar-refractivity contribution in [2.75, 3.05) is 20.1 Å². The highest BCUT2D eigenvalue weighted by Crippen LogP contribution is 2.24. The summed E-state index contributed by atoms with van der Waals surface area (Å²) in [6.45, 7) is 3.09. The summed E-state index contributed by atoms with van der Waals surface area (Å²) in [7, 11) is 2.01. The summed E-state index contributed by atoms with van der Waals surface area (Å²) >= 11 is 6.14. The van der Waals surface area contributed by atoms with Crippen LogP contribution in [0.3, 0.4) is 0 Å². The molecule has 3 rings (SSSR count). The summed E-state index contributed by atoms with van der Waals surface area (Å²) in [6, 6.07) is 6.60. The highest BCUT2D eigenvalue weighted by atomic mass is 35.5. The van der Waals surface area contributed by atoms with Crippen molar-refractivity contribution in [3.05, 3.63) is 41.4 Å². The Morgan fingerprint density at radius 2 is 2.27 bits per heavy atom. The van der Waals surface area contributed by atoms with Crippen LogP contribution in [-0.2, 0) is 6.54 Å². The van der Waals surface area contributed by atoms with E-state index in [2.05, 4.69) is 26.4 Å². The molecule has 1 N–H and O–H groups in total. The lowest BCUT2D eigenvalue weighted by Gasteiger charge is -2.25. The van der Waals surface area contributed by atoms with E-state index < -0.39 is 0 Å². The fourth-order valence-corrected chi connectivity index (χ4v) is 3.17. The van der Waals surface area contributed by atoms with E-state index >= 15 is 0 Å². The number of hydrogen-bond donors (Lipinski definition) is 1. The van der Waals surface area contributed by atoms with Crippen molar-refractivity contribution in [1.29, 1.82) is 0 Å². The Bertz CT molecular complexity index is 588. The average molecular weight is 342 g/mol. The first-order chi connectivity index (χ1) is 10.3. The number of rotatable bonds is 5. The predicted octanol–water partition coefficient (Wildman–Crippen LogP) is 2.53. The topological polar surface area (TPSA) is 46.0 Å². The van der Waals surface area contributed by atoms with Crippen molar-refractivity contribution >= 4 is 24.0 Å². The van der Waals surface area contributed by atoms with Gasteiger partial charge in [0.2, 0.25) is 0 Å². The first kappa shape index (κ1) is 17.2. The maximum absolute atomic E-state index is 6.14. The Labute approximate surface area is 142 Å². The maximum atomic E-state index is 6.14. The number of halogens is 2. The zero-order valence-corrected chi connectivity index (χ0v) is 14.1. The Morgan fingerprint density at radius 3 is 3.00 bits per heavy atom. The minimum atomic E-state index is 0. The Hall–Kier alpha value is -1.14. The summed E-state index contributed by atoms with van der Waals surface area (Å²) in [6.07, 6.45) is 5.78. The van der Waals surface area contributed by atoms with Crippen molar-refractivity contribution in [2.45, 2.75) is 25.4 Å². The summed E-state index contributed by atoms with van der Waals surface area (Å²) in [5.74, 6) is 0. The van der Waals surface area contributed by atoms with Crippen LogP contribution >= 0.6 is 24.0 Å². The van der Waals surface area contributed by atoms with E-state index in [1.807, 2.05) is 19.2 Å². The Kier molecular flexibility index (Phi) is 6.20. The van der Waals surface area contributed by atoms with Gasteiger partial charge < -0.3 is 5.32 Å². The fraction of sp³-hybridized carbons (Fsp3) is 0.467. The second-order valence-corrected chi connectivity index (χ2v) is 5.87. The SMILES string of the molecule is CNCC1CCCN1Cc1ccc(Cl)cc1-n1cncn1.Cl. The second kappa shape index (κ2) is 7.92. The predicted molar refractivity (Wildman–Crippen MR) is 91.0 cm³/mol. The molecule has 0 aliphatic carbocycles. The van der Waals surface area contributed by atoms with Crippen LogP contribution < -0.4 is 5.32 Å². The molecule has 1 aliphatic heterocycles. The third kappa shape index (κ3) is 3.79. The lowest BCUT2D eigenvalue weighted by molar-refractivity contribution is 0.242. The zero-order valence-electron chi connectivity index (χ0n) is 12.6. The molecule has 1 atom stereocenters. The minimum Gasteiger partial charge on any atom is -0.318 e. The molecule has 1 saturated heterocycles. The van der Waals surface area contributed by atoms with Gasteiger partial charge >= 0.3 is 0 Å². The molecule has 1 aromatic carbocycles. The lowest BCUT2D eigenvalue weighted by Crippen LogP contribution is -2.36. The second-order valence-electron chi connectivity index (χ2n) is 5.44. The van der Waals surface area contributed by atoms with Crippen LogP contribution in [0.25, 0.3) is 5.69 Å². The molecule has 1 fully saturated rings. The van der Waals surface area contributed by atoms with Crippen molar-refractivity contribution in [2.24, 2.45) is 0 Å². The van der Waals surface area contributed by atoms with Crippen LogP contribution in [0.2, 0.25) is 5.02 Å². The van der Waals surface area contributed by atoms with E-state index in [9.17, 15) is 0 Å². The van der Waals surface area contributed by atoms with Gasteiger partial charge in [-0.2, -0.15) is 5.10 Å². The molecule has 2 heterocycles. The van der Waals surface area contributed by atoms with Crippen molar-refractivity contribution in [3.63, 3.8) is 0 Å². The largest absolute Gasteiger partial charge is 0.318 e. The number of nitrogens with one attached hydrogen (secondary N) is 1. The molecule has 0 radical (unpaired) electrons. The standard InChI is InChI=1S/C15H20ClN5.ClH/c1-17-8-14-3-2-6-20(14)9-12-4-5-13(16)7-15(12)21-11-18-10-19-21;/h4-5,7,10-11,14,17H,2-3,6,8-9H2,1H3;1H. The molecule has 7 heteroatoms. The number of likely N-dealkylation sites (tertiary alicyclic amines) is 1. The Morgan fingerprint density at radius 1 is 1.41 bits per heavy atom. The molecule has 1 aromatic heterocycles. The van der Waals surface area contributed by atoms with Gasteiger partial charge in [-0.15, -0.1) is 12.4 Å². The first-order valence-corrected chi connectivity index (χ1v) is 7.68. The van der Waals surface area contributed by atoms with Crippen molar-refractivity contribution < 1.29 is 0 Å². The molecule has 0 bridgehead atoms. The molecule has 2 aromatic rings. The summed E-state index contributed by atoms with van der Waals surface area (Å²) in [4.78, 5) is 6.56. The van der Waals surface area contributed by atoms with Gasteiger partial charge in [0.05, 0.1) is 5.69 Å². The number of aromatic nitrogens is 3. The zero-order chi connectivity index (χ0) is 14.7. The minimum absolute atomic E-state index is 0. The maximum Gasteiger partial charge on any atom is 0.138 e. The molecule has 5 nitrogen and oxygen atoms in total. The summed E-state index contributed by atoms with van der Waals surface area (Å²) < 4.78 is 1.78. The highest BCUT2D eigenvalue weighted by Gasteiger charge is 2.24. The third-order valence-electron chi connectivity index (χ3n) is 4.03. The van der Waals surface area contributed by atoms with Gasteiger partial charge in [0.15, 0.2) is 0 Å². The monoisotopic (exact) mass is 341 g/mol. The van der Waals surface area contributed by atoms with Gasteiger partial charge in [0.25, 0.3) is 0 Å². The van der Waals surface area contributed by atoms with Crippen LogP contribution in [-0.4, -0.2) is 45.8 Å². The van der Waals surface area contributed by atoms with E-state index in [1.165, 1.54) is 18.4 Å². The van der Waals surface area contributed by atoms with E-state index in [4.69, 9.17) is 11.6 Å². The molecule has 22 heavy (non-hydrogen) atoms. The Balaban J connectivity index is 0.00000176. The lowest BCUT2D eigenvalue weighted by atomic mass is 10.1. The van der Waals surface area contributed by atoms with Crippen molar-refractivity contribution in [3.8, 4) is 5.69 Å². The molecular weight excluding hydrogens is 321 g/mol. The van der Waals surface area contributed by atoms with E-state index in [-0.39, 0.29) is 12.4 Å². The fourth-order valence-electron chi connectivity index (χ4n) is 3.01. The van der Waals surface area contributed by atoms with E-state index in [0.29, 0.717) is 6.04 Å². The third-order valence-corrected chi connectivity index (χ3v) is 4.26. The number of benzene rings is 1. The normalized spacial score (nSPS) is 18.4. The van der Waals surface area contributed by atoms with Crippen LogP contribution in [0.1, 0.15) is 18.4 Å². The molecule has 0 spiro atoms. The van der Waals surface area contributed by atoms with Crippen molar-refractivity contribution in [1.82, 2.24) is 25.0 Å². The molecule has 1 aliphatic rings. The average Bonchev–Trinajstić information content (AvgIpc) is 3.13. The van der Waals surface area contributed by atoms with Gasteiger partial charge in [-0.3, -0.25) is 4.90 Å². The molecule has 0 amide bonds. The summed E-state index contributed by atoms with van der Waals surface area (Å²) in [5, 5.41) is 8.24. The van der Waals surface area contributed by atoms with Gasteiger partial charge in [-0.25, -0.2) is 9.67 Å². The van der Waals surface area contributed by atoms with Crippen LogP contribution in [0.5, 0.6) is 0 Å². The molecular formula is C15H21Cl2N5. The van der Waals surface area contributed by atoms with Crippen LogP contribution in [0.4, 0.5) is 0 Å². The van der Waals surface area contributed by atoms with Gasteiger partial charge in [-0.1, -0.05) is 17.7 Å². The van der Waals surface area contributed by atoms with Gasteiger partial charge in [-0.05, 0) is 44.1 Å². The highest BCUT2D eigenvalue weighted by molar-refractivity contribution is 6.30. The smallest absolute Gasteiger partial charge is 0.138 e. The summed E-state index contributed by atoms with van der Waals surface area (Å²) in [5.41, 5.74) is 2.24. The van der Waals surface area contributed by atoms with Gasteiger partial charge in [0.1, 0.15) is 12.7 Å². The molecule has 120 valence electrons. The molecule has 1 unspecified atom stereocenters. The van der Waals surface area contributed by atoms with Gasteiger partial charge in [0, 0.05) is 24.2 Å². The van der Waals surface area contributed by atoms with E-state index in [0.717, 1.165) is 30.3 Å². The quantitative estimate of drug-likeness (QED) is 0.907. The number of nitrogens with zero attached hydrogens (tertiary/aromatic N) is 4. The number of likely N-dealkylation sites (N-methyl/N-ethyl adjacent to an activating group) is 1. The van der Waals surface area contributed by atoms with Crippen LogP contribution in [0.15, 0.2) is 30.9 Å². The first-order valence-electron chi connectivity index (χ1n) is 7.30. The van der Waals surface area contributed by atoms with Crippen LogP contribution in [0, 0.1) is 0 Å². The number of hydrogen-bond acceptors (Lipinski definition) is 4. The van der Waals surface area contributed by atoms with E-state index in [1.54, 1.807) is 17.3 Å². The molecule has 0 saturated carbocycles.